The number of H-pyrrole nitrogens is 1. The van der Waals surface area contributed by atoms with Gasteiger partial charge in [0, 0.05) is 22.2 Å². The predicted molar refractivity (Wildman–Crippen MR) is 112 cm³/mol. The van der Waals surface area contributed by atoms with Crippen LogP contribution in [0, 0.1) is 6.92 Å². The number of nitrogens with zero attached hydrogens (tertiary/aromatic N) is 1. The topological polar surface area (TPSA) is 79.0 Å². The summed E-state index contributed by atoms with van der Waals surface area (Å²) in [7, 11) is 0. The first kappa shape index (κ1) is 19.2. The number of hydrogen-bond acceptors (Lipinski definition) is 3. The van der Waals surface area contributed by atoms with Gasteiger partial charge in [0.1, 0.15) is 12.3 Å². The van der Waals surface area contributed by atoms with Gasteiger partial charge in [0.15, 0.2) is 6.04 Å². The number of imide groups is 1. The molecule has 6 heteroatoms. The molecule has 0 radical (unpaired) electrons. The maximum absolute atomic E-state index is 12.8. The Morgan fingerprint density at radius 3 is 2.69 bits per heavy atom. The van der Waals surface area contributed by atoms with E-state index in [1.165, 1.54) is 4.90 Å². The van der Waals surface area contributed by atoms with Gasteiger partial charge in [0.25, 0.3) is 5.91 Å². The van der Waals surface area contributed by atoms with Gasteiger partial charge < -0.3 is 15.0 Å². The second kappa shape index (κ2) is 8.09. The standard InChI is InChI=1S/C23H25N3O3/c1-3-10-29-19-7-5-18(6-8-19)26-22(27)13-21(23(26)28)24-14-16-4-9-20-17(12-16)11-15(2)25-20/h4-9,11-12,21,24-25H,3,10,13-14H2,1-2H3/p+1/t21-/m1/s1. The van der Waals surface area contributed by atoms with Crippen molar-refractivity contribution in [1.29, 1.82) is 0 Å². The summed E-state index contributed by atoms with van der Waals surface area (Å²) in [6, 6.07) is 15.1. The van der Waals surface area contributed by atoms with E-state index >= 15 is 0 Å². The molecule has 1 aromatic heterocycles. The number of benzene rings is 2. The summed E-state index contributed by atoms with van der Waals surface area (Å²) in [5.74, 6) is 0.430. The van der Waals surface area contributed by atoms with Crippen LogP contribution in [0.15, 0.2) is 48.5 Å². The Labute approximate surface area is 169 Å². The molecule has 0 bridgehead atoms. The lowest BCUT2D eigenvalue weighted by molar-refractivity contribution is -0.690. The molecule has 1 aliphatic heterocycles. The molecule has 2 aromatic carbocycles. The van der Waals surface area contributed by atoms with Gasteiger partial charge in [-0.3, -0.25) is 9.59 Å². The van der Waals surface area contributed by atoms with E-state index in [9.17, 15) is 9.59 Å². The molecule has 3 N–H and O–H groups in total. The average Bonchev–Trinajstić information content (AvgIpc) is 3.22. The van der Waals surface area contributed by atoms with Crippen LogP contribution in [-0.2, 0) is 16.1 Å². The summed E-state index contributed by atoms with van der Waals surface area (Å²) in [6.07, 6.45) is 1.15. The fourth-order valence-corrected chi connectivity index (χ4v) is 3.75. The third-order valence-electron chi connectivity index (χ3n) is 5.21. The zero-order chi connectivity index (χ0) is 20.4. The molecule has 29 heavy (non-hydrogen) atoms. The second-order valence-electron chi connectivity index (χ2n) is 7.53. The number of nitrogens with one attached hydrogen (secondary N) is 1. The third kappa shape index (κ3) is 4.03. The molecule has 0 aliphatic carbocycles. The SMILES string of the molecule is CCCOc1ccc(N2C(=O)C[C@@H]([NH2+]Cc3ccc4[nH]c(C)cc4c3)C2=O)cc1. The van der Waals surface area contributed by atoms with E-state index in [1.54, 1.807) is 24.3 Å². The van der Waals surface area contributed by atoms with E-state index in [2.05, 4.69) is 29.2 Å². The first-order valence-electron chi connectivity index (χ1n) is 10.1. The number of aromatic nitrogens is 1. The fourth-order valence-electron chi connectivity index (χ4n) is 3.75. The summed E-state index contributed by atoms with van der Waals surface area (Å²) in [6.45, 7) is 5.38. The number of ether oxygens (including phenoxy) is 1. The highest BCUT2D eigenvalue weighted by Gasteiger charge is 2.42. The van der Waals surface area contributed by atoms with Crippen molar-refractivity contribution in [1.82, 2.24) is 4.98 Å². The van der Waals surface area contributed by atoms with Crippen molar-refractivity contribution in [2.75, 3.05) is 11.5 Å². The highest BCUT2D eigenvalue weighted by molar-refractivity contribution is 6.21. The van der Waals surface area contributed by atoms with Crippen LogP contribution in [0.4, 0.5) is 5.69 Å². The summed E-state index contributed by atoms with van der Waals surface area (Å²) in [5, 5.41) is 3.12. The van der Waals surface area contributed by atoms with E-state index in [0.717, 1.165) is 34.3 Å². The lowest BCUT2D eigenvalue weighted by Gasteiger charge is -2.15. The normalized spacial score (nSPS) is 16.8. The minimum atomic E-state index is -0.387. The largest absolute Gasteiger partial charge is 0.494 e. The number of anilines is 1. The molecule has 3 aromatic rings. The van der Waals surface area contributed by atoms with Gasteiger partial charge in [-0.25, -0.2) is 4.90 Å². The maximum atomic E-state index is 12.8. The van der Waals surface area contributed by atoms with Gasteiger partial charge in [-0.15, -0.1) is 0 Å². The summed E-state index contributed by atoms with van der Waals surface area (Å²) >= 11 is 0. The Morgan fingerprint density at radius 1 is 1.14 bits per heavy atom. The van der Waals surface area contributed by atoms with Crippen LogP contribution < -0.4 is 15.0 Å². The third-order valence-corrected chi connectivity index (χ3v) is 5.21. The second-order valence-corrected chi connectivity index (χ2v) is 7.53. The zero-order valence-electron chi connectivity index (χ0n) is 16.8. The highest BCUT2D eigenvalue weighted by Crippen LogP contribution is 2.24. The molecule has 150 valence electrons. The molecule has 2 amide bonds. The van der Waals surface area contributed by atoms with Gasteiger partial charge in [0.2, 0.25) is 5.91 Å². The van der Waals surface area contributed by atoms with Gasteiger partial charge in [-0.2, -0.15) is 0 Å². The molecule has 0 spiro atoms. The molecular formula is C23H26N3O3+. The van der Waals surface area contributed by atoms with E-state index in [4.69, 9.17) is 4.74 Å². The van der Waals surface area contributed by atoms with E-state index < -0.39 is 0 Å². The summed E-state index contributed by atoms with van der Waals surface area (Å²) in [4.78, 5) is 29.9. The number of aromatic amines is 1. The number of quaternary nitrogens is 1. The number of fused-ring (bicyclic) bond motifs is 1. The van der Waals surface area contributed by atoms with Crippen LogP contribution >= 0.6 is 0 Å². The number of carbonyl (C=O) groups excluding carboxylic acids is 2. The Morgan fingerprint density at radius 2 is 1.93 bits per heavy atom. The summed E-state index contributed by atoms with van der Waals surface area (Å²) < 4.78 is 5.57. The maximum Gasteiger partial charge on any atom is 0.292 e. The smallest absolute Gasteiger partial charge is 0.292 e. The van der Waals surface area contributed by atoms with Gasteiger partial charge >= 0.3 is 0 Å². The van der Waals surface area contributed by atoms with Gasteiger partial charge in [0.05, 0.1) is 18.7 Å². The predicted octanol–water partition coefficient (Wildman–Crippen LogP) is 2.66. The lowest BCUT2D eigenvalue weighted by Crippen LogP contribution is -2.90. The molecule has 0 saturated carbocycles. The van der Waals surface area contributed by atoms with E-state index in [0.29, 0.717) is 18.8 Å². The molecule has 6 nitrogen and oxygen atoms in total. The van der Waals surface area contributed by atoms with E-state index in [-0.39, 0.29) is 24.3 Å². The molecule has 1 saturated heterocycles. The van der Waals surface area contributed by atoms with Crippen molar-refractivity contribution in [3.05, 3.63) is 59.8 Å². The molecule has 0 unspecified atom stereocenters. The summed E-state index contributed by atoms with van der Waals surface area (Å²) in [5.41, 5.74) is 3.96. The van der Waals surface area contributed by atoms with E-state index in [1.807, 2.05) is 19.2 Å². The molecule has 1 fully saturated rings. The monoisotopic (exact) mass is 392 g/mol. The lowest BCUT2D eigenvalue weighted by atomic mass is 10.1. The Bertz CT molecular complexity index is 1040. The van der Waals surface area contributed by atoms with Crippen molar-refractivity contribution in [3.8, 4) is 5.75 Å². The van der Waals surface area contributed by atoms with Crippen LogP contribution in [0.25, 0.3) is 10.9 Å². The first-order valence-corrected chi connectivity index (χ1v) is 10.1. The van der Waals surface area contributed by atoms with Crippen molar-refractivity contribution >= 4 is 28.4 Å². The van der Waals surface area contributed by atoms with Crippen LogP contribution in [-0.4, -0.2) is 29.4 Å². The zero-order valence-corrected chi connectivity index (χ0v) is 16.8. The van der Waals surface area contributed by atoms with Crippen molar-refractivity contribution < 1.29 is 19.6 Å². The van der Waals surface area contributed by atoms with Gasteiger partial charge in [-0.05, 0) is 55.8 Å². The molecule has 1 aliphatic rings. The number of carbonyl (C=O) groups is 2. The number of nitrogens with two attached hydrogens (primary N) is 1. The van der Waals surface area contributed by atoms with Crippen LogP contribution in [0.2, 0.25) is 0 Å². The molecular weight excluding hydrogens is 366 g/mol. The fraction of sp³-hybridized carbons (Fsp3) is 0.304. The quantitative estimate of drug-likeness (QED) is 0.607. The molecule has 4 rings (SSSR count). The van der Waals surface area contributed by atoms with Crippen LogP contribution in [0.1, 0.15) is 31.0 Å². The average molecular weight is 392 g/mol. The molecule has 2 heterocycles. The Balaban J connectivity index is 1.41. The highest BCUT2D eigenvalue weighted by atomic mass is 16.5. The Kier molecular flexibility index (Phi) is 5.36. The van der Waals surface area contributed by atoms with Crippen LogP contribution in [0.5, 0.6) is 5.75 Å². The first-order chi connectivity index (χ1) is 14.0. The minimum absolute atomic E-state index is 0.157. The number of aryl methyl sites for hydroxylation is 1. The van der Waals surface area contributed by atoms with Gasteiger partial charge in [-0.1, -0.05) is 13.0 Å². The number of hydrogen-bond donors (Lipinski definition) is 2. The number of amides is 2. The Hall–Kier alpha value is -3.12. The van der Waals surface area contributed by atoms with Crippen molar-refractivity contribution in [2.24, 2.45) is 0 Å². The minimum Gasteiger partial charge on any atom is -0.494 e. The van der Waals surface area contributed by atoms with Crippen molar-refractivity contribution in [2.45, 2.75) is 39.3 Å². The van der Waals surface area contributed by atoms with Crippen LogP contribution in [0.3, 0.4) is 0 Å². The van der Waals surface area contributed by atoms with Crippen molar-refractivity contribution in [3.63, 3.8) is 0 Å². The molecule has 1 atom stereocenters. The number of rotatable bonds is 7.